The minimum absolute atomic E-state index is 0.0622. The van der Waals surface area contributed by atoms with Gasteiger partial charge >= 0.3 is 0 Å². The molecule has 108 valence electrons. The molecule has 1 aliphatic heterocycles. The van der Waals surface area contributed by atoms with Gasteiger partial charge in [0, 0.05) is 25.6 Å². The number of aliphatic hydroxyl groups is 1. The maximum atomic E-state index is 11.9. The van der Waals surface area contributed by atoms with Crippen molar-refractivity contribution in [3.05, 3.63) is 17.5 Å². The Morgan fingerprint density at radius 2 is 2.37 bits per heavy atom. The Morgan fingerprint density at radius 3 is 2.89 bits per heavy atom. The van der Waals surface area contributed by atoms with Crippen LogP contribution in [0.3, 0.4) is 0 Å². The predicted molar refractivity (Wildman–Crippen MR) is 66.8 cm³/mol. The van der Waals surface area contributed by atoms with E-state index in [4.69, 9.17) is 9.26 Å². The van der Waals surface area contributed by atoms with Crippen LogP contribution in [0.15, 0.2) is 10.6 Å². The topological polar surface area (TPSA) is 102 Å². The molecule has 7 nitrogen and oxygen atoms in total. The van der Waals surface area contributed by atoms with Gasteiger partial charge in [-0.25, -0.2) is 13.1 Å². The van der Waals surface area contributed by atoms with Crippen LogP contribution in [0.4, 0.5) is 0 Å². The summed E-state index contributed by atoms with van der Waals surface area (Å²) in [5.41, 5.74) is -0.806. The average Bonchev–Trinajstić information content (AvgIpc) is 2.85. The van der Waals surface area contributed by atoms with Gasteiger partial charge in [-0.05, 0) is 13.8 Å². The van der Waals surface area contributed by atoms with Gasteiger partial charge in [-0.3, -0.25) is 0 Å². The minimum Gasteiger partial charge on any atom is -0.386 e. The molecule has 0 radical (unpaired) electrons. The molecular weight excluding hydrogens is 272 g/mol. The van der Waals surface area contributed by atoms with Gasteiger partial charge in [0.2, 0.25) is 10.0 Å². The van der Waals surface area contributed by atoms with Crippen molar-refractivity contribution in [3.63, 3.8) is 0 Å². The molecule has 1 aromatic rings. The standard InChI is InChI=1S/C11H18N2O5S/c1-8-5-10(13-18-8)6-19(15,16)12-7-11(14)3-4-17-9(11)2/h5,9,12,14H,3-4,6-7H2,1-2H3. The van der Waals surface area contributed by atoms with Crippen LogP contribution in [-0.4, -0.2) is 43.5 Å². The van der Waals surface area contributed by atoms with E-state index in [0.717, 1.165) is 0 Å². The van der Waals surface area contributed by atoms with E-state index in [2.05, 4.69) is 9.88 Å². The lowest BCUT2D eigenvalue weighted by Crippen LogP contribution is -2.47. The second kappa shape index (κ2) is 5.20. The van der Waals surface area contributed by atoms with Gasteiger partial charge < -0.3 is 14.4 Å². The van der Waals surface area contributed by atoms with E-state index in [-0.39, 0.29) is 18.4 Å². The van der Waals surface area contributed by atoms with E-state index >= 15 is 0 Å². The van der Waals surface area contributed by atoms with Crippen molar-refractivity contribution < 1.29 is 22.8 Å². The molecule has 0 amide bonds. The third-order valence-electron chi connectivity index (χ3n) is 3.27. The molecule has 8 heteroatoms. The van der Waals surface area contributed by atoms with Crippen LogP contribution < -0.4 is 4.72 Å². The Labute approximate surface area is 112 Å². The molecule has 0 aromatic carbocycles. The second-order valence-electron chi connectivity index (χ2n) is 4.88. The third kappa shape index (κ3) is 3.53. The molecule has 0 saturated carbocycles. The normalized spacial score (nSPS) is 27.8. The van der Waals surface area contributed by atoms with E-state index in [0.29, 0.717) is 24.5 Å². The first-order valence-electron chi connectivity index (χ1n) is 6.04. The van der Waals surface area contributed by atoms with Gasteiger partial charge in [0.15, 0.2) is 0 Å². The zero-order valence-corrected chi connectivity index (χ0v) is 11.7. The van der Waals surface area contributed by atoms with Crippen molar-refractivity contribution in [3.8, 4) is 0 Å². The van der Waals surface area contributed by atoms with Crippen LogP contribution in [-0.2, 0) is 20.5 Å². The highest BCUT2D eigenvalue weighted by atomic mass is 32.2. The van der Waals surface area contributed by atoms with E-state index in [1.54, 1.807) is 19.9 Å². The first kappa shape index (κ1) is 14.4. The summed E-state index contributed by atoms with van der Waals surface area (Å²) in [5, 5.41) is 13.8. The van der Waals surface area contributed by atoms with Crippen molar-refractivity contribution in [2.75, 3.05) is 13.2 Å². The number of hydrogen-bond acceptors (Lipinski definition) is 6. The molecule has 19 heavy (non-hydrogen) atoms. The number of hydrogen-bond donors (Lipinski definition) is 2. The molecule has 1 fully saturated rings. The first-order valence-corrected chi connectivity index (χ1v) is 7.69. The van der Waals surface area contributed by atoms with Crippen LogP contribution >= 0.6 is 0 Å². The lowest BCUT2D eigenvalue weighted by molar-refractivity contribution is -0.0228. The quantitative estimate of drug-likeness (QED) is 0.788. The van der Waals surface area contributed by atoms with Gasteiger partial charge in [0.05, 0.1) is 6.10 Å². The lowest BCUT2D eigenvalue weighted by Gasteiger charge is -2.25. The van der Waals surface area contributed by atoms with Crippen LogP contribution in [0.2, 0.25) is 0 Å². The van der Waals surface area contributed by atoms with E-state index in [1.807, 2.05) is 0 Å². The lowest BCUT2D eigenvalue weighted by atomic mass is 9.97. The van der Waals surface area contributed by atoms with Gasteiger partial charge in [-0.2, -0.15) is 0 Å². The van der Waals surface area contributed by atoms with E-state index in [9.17, 15) is 13.5 Å². The van der Waals surface area contributed by atoms with Crippen LogP contribution in [0.25, 0.3) is 0 Å². The van der Waals surface area contributed by atoms with Crippen molar-refractivity contribution in [2.24, 2.45) is 0 Å². The number of aromatic nitrogens is 1. The number of sulfonamides is 1. The summed E-state index contributed by atoms with van der Waals surface area (Å²) in [4.78, 5) is 0. The van der Waals surface area contributed by atoms with Crippen LogP contribution in [0.1, 0.15) is 24.8 Å². The zero-order chi connectivity index (χ0) is 14.1. The molecule has 2 N–H and O–H groups in total. The Balaban J connectivity index is 1.94. The van der Waals surface area contributed by atoms with Gasteiger partial charge in [0.25, 0.3) is 0 Å². The summed E-state index contributed by atoms with van der Waals surface area (Å²) in [6, 6.07) is 1.56. The zero-order valence-electron chi connectivity index (χ0n) is 10.9. The van der Waals surface area contributed by atoms with Crippen molar-refractivity contribution in [1.82, 2.24) is 9.88 Å². The SMILES string of the molecule is Cc1cc(CS(=O)(=O)NCC2(O)CCOC2C)no1. The van der Waals surface area contributed by atoms with Gasteiger partial charge in [-0.1, -0.05) is 5.16 Å². The molecule has 1 saturated heterocycles. The van der Waals surface area contributed by atoms with E-state index in [1.165, 1.54) is 0 Å². The fourth-order valence-electron chi connectivity index (χ4n) is 1.97. The Kier molecular flexibility index (Phi) is 3.95. The van der Waals surface area contributed by atoms with Gasteiger partial charge in [0.1, 0.15) is 22.8 Å². The maximum absolute atomic E-state index is 11.9. The summed E-state index contributed by atoms with van der Waals surface area (Å²) in [6.45, 7) is 3.79. The third-order valence-corrected chi connectivity index (χ3v) is 4.53. The summed E-state index contributed by atoms with van der Waals surface area (Å²) >= 11 is 0. The van der Waals surface area contributed by atoms with Gasteiger partial charge in [-0.15, -0.1) is 0 Å². The maximum Gasteiger partial charge on any atom is 0.217 e. The molecule has 1 aromatic heterocycles. The first-order chi connectivity index (χ1) is 8.81. The minimum atomic E-state index is -3.56. The van der Waals surface area contributed by atoms with Crippen LogP contribution in [0.5, 0.6) is 0 Å². The molecule has 2 heterocycles. The second-order valence-corrected chi connectivity index (χ2v) is 6.68. The van der Waals surface area contributed by atoms with E-state index < -0.39 is 15.6 Å². The van der Waals surface area contributed by atoms with Crippen molar-refractivity contribution >= 4 is 10.0 Å². The highest BCUT2D eigenvalue weighted by Gasteiger charge is 2.40. The summed E-state index contributed by atoms with van der Waals surface area (Å²) < 4.78 is 36.2. The molecule has 2 unspecified atom stereocenters. The Morgan fingerprint density at radius 1 is 1.63 bits per heavy atom. The molecule has 0 aliphatic carbocycles. The Hall–Kier alpha value is -0.960. The molecule has 2 atom stereocenters. The molecule has 1 aliphatic rings. The number of nitrogens with zero attached hydrogens (tertiary/aromatic N) is 1. The largest absolute Gasteiger partial charge is 0.386 e. The highest BCUT2D eigenvalue weighted by molar-refractivity contribution is 7.88. The molecule has 0 spiro atoms. The smallest absolute Gasteiger partial charge is 0.217 e. The highest BCUT2D eigenvalue weighted by Crippen LogP contribution is 2.25. The predicted octanol–water partition coefficient (Wildman–Crippen LogP) is -0.0577. The molecule has 0 bridgehead atoms. The van der Waals surface area contributed by atoms with Crippen molar-refractivity contribution in [2.45, 2.75) is 37.7 Å². The summed E-state index contributed by atoms with van der Waals surface area (Å²) in [5.74, 6) is 0.289. The number of aryl methyl sites for hydroxylation is 1. The fourth-order valence-corrected chi connectivity index (χ4v) is 3.07. The molecule has 2 rings (SSSR count). The molecular formula is C11H18N2O5S. The average molecular weight is 290 g/mol. The Bertz CT molecular complexity index is 541. The fraction of sp³-hybridized carbons (Fsp3) is 0.727. The van der Waals surface area contributed by atoms with Crippen LogP contribution in [0, 0.1) is 6.92 Å². The number of ether oxygens (including phenoxy) is 1. The number of nitrogens with one attached hydrogen (secondary N) is 1. The monoisotopic (exact) mass is 290 g/mol. The van der Waals surface area contributed by atoms with Crippen molar-refractivity contribution in [1.29, 1.82) is 0 Å². The number of rotatable bonds is 5. The summed E-state index contributed by atoms with van der Waals surface area (Å²) in [7, 11) is -3.56. The summed E-state index contributed by atoms with van der Waals surface area (Å²) in [6.07, 6.45) is 0.0317.